The van der Waals surface area contributed by atoms with Crippen molar-refractivity contribution < 1.29 is 18.3 Å². The molecule has 1 atom stereocenters. The lowest BCUT2D eigenvalue weighted by Gasteiger charge is -2.45. The highest BCUT2D eigenvalue weighted by molar-refractivity contribution is 5.42. The molecule has 0 spiro atoms. The number of likely N-dealkylation sites (N-methyl/N-ethyl adjacent to an activating group) is 1. The molecule has 22 heavy (non-hydrogen) atoms. The minimum Gasteiger partial charge on any atom is -0.382 e. The molecule has 2 heterocycles. The van der Waals surface area contributed by atoms with Crippen LogP contribution in [0.3, 0.4) is 0 Å². The first-order chi connectivity index (χ1) is 10.3. The van der Waals surface area contributed by atoms with Crippen LogP contribution in [0.4, 0.5) is 19.0 Å². The van der Waals surface area contributed by atoms with E-state index in [1.54, 1.807) is 11.9 Å². The van der Waals surface area contributed by atoms with Crippen LogP contribution in [0.5, 0.6) is 0 Å². The van der Waals surface area contributed by atoms with E-state index in [4.69, 9.17) is 5.11 Å². The normalized spacial score (nSPS) is 21.1. The number of aliphatic hydroxyl groups is 1. The van der Waals surface area contributed by atoms with Crippen LogP contribution in [0.25, 0.3) is 0 Å². The van der Waals surface area contributed by atoms with Crippen molar-refractivity contribution in [3.05, 3.63) is 17.8 Å². The van der Waals surface area contributed by atoms with Gasteiger partial charge in [0, 0.05) is 31.6 Å². The number of aliphatic hydroxyl groups excluding tert-OH is 1. The van der Waals surface area contributed by atoms with Crippen molar-refractivity contribution >= 4 is 5.82 Å². The van der Waals surface area contributed by atoms with Gasteiger partial charge in [0.2, 0.25) is 0 Å². The molecule has 2 fully saturated rings. The second-order valence-electron chi connectivity index (χ2n) is 6.15. The second-order valence-corrected chi connectivity index (χ2v) is 6.15. The zero-order valence-corrected chi connectivity index (χ0v) is 12.3. The monoisotopic (exact) mass is 316 g/mol. The molecule has 1 N–H and O–H groups in total. The summed E-state index contributed by atoms with van der Waals surface area (Å²) in [5.74, 6) is 1.31. The van der Waals surface area contributed by atoms with Gasteiger partial charge in [-0.25, -0.2) is 0 Å². The number of hydrogen-bond acceptors (Lipinski definition) is 5. The quantitative estimate of drug-likeness (QED) is 0.890. The van der Waals surface area contributed by atoms with Gasteiger partial charge in [0.25, 0.3) is 0 Å². The summed E-state index contributed by atoms with van der Waals surface area (Å²) in [6.07, 6.45) is -4.52. The third-order valence-corrected chi connectivity index (χ3v) is 4.32. The van der Waals surface area contributed by atoms with Gasteiger partial charge >= 0.3 is 6.18 Å². The first-order valence-electron chi connectivity index (χ1n) is 7.38. The van der Waals surface area contributed by atoms with Crippen LogP contribution in [0, 0.1) is 0 Å². The Labute approximate surface area is 126 Å². The minimum atomic E-state index is -4.57. The number of anilines is 1. The highest BCUT2D eigenvalue weighted by atomic mass is 19.4. The van der Waals surface area contributed by atoms with E-state index in [-0.39, 0.29) is 6.04 Å². The summed E-state index contributed by atoms with van der Waals surface area (Å²) in [5.41, 5.74) is 1.02. The van der Waals surface area contributed by atoms with E-state index in [1.807, 2.05) is 17.0 Å². The van der Waals surface area contributed by atoms with Gasteiger partial charge in [0.1, 0.15) is 0 Å². The Hall–Kier alpha value is -1.41. The predicted octanol–water partition coefficient (Wildman–Crippen LogP) is 1.40. The smallest absolute Gasteiger partial charge is 0.382 e. The largest absolute Gasteiger partial charge is 0.415 e. The maximum Gasteiger partial charge on any atom is 0.415 e. The van der Waals surface area contributed by atoms with Crippen molar-refractivity contribution in [1.29, 1.82) is 0 Å². The third kappa shape index (κ3) is 3.33. The van der Waals surface area contributed by atoms with Crippen molar-refractivity contribution in [2.75, 3.05) is 31.6 Å². The minimum absolute atomic E-state index is 0.0121. The number of hydrogen-bond donors (Lipinski definition) is 1. The van der Waals surface area contributed by atoms with Gasteiger partial charge in [-0.1, -0.05) is 0 Å². The molecule has 1 saturated heterocycles. The maximum atomic E-state index is 12.3. The number of halogens is 3. The molecule has 0 amide bonds. The van der Waals surface area contributed by atoms with Crippen LogP contribution in [0.2, 0.25) is 0 Å². The van der Waals surface area contributed by atoms with E-state index in [0.717, 1.165) is 11.5 Å². The molecule has 1 saturated carbocycles. The van der Waals surface area contributed by atoms with E-state index in [0.29, 0.717) is 19.0 Å². The molecule has 0 radical (unpaired) electrons. The SMILES string of the molecule is CN(CC(O)C(F)(F)F)C1CN(c2ccc(C3CC3)nn2)C1. The van der Waals surface area contributed by atoms with Crippen molar-refractivity contribution in [1.82, 2.24) is 15.1 Å². The molecular formula is C14H19F3N4O. The summed E-state index contributed by atoms with van der Waals surface area (Å²) in [6, 6.07) is 3.88. The molecule has 1 aromatic heterocycles. The van der Waals surface area contributed by atoms with Crippen molar-refractivity contribution in [3.63, 3.8) is 0 Å². The molecule has 5 nitrogen and oxygen atoms in total. The zero-order valence-electron chi connectivity index (χ0n) is 12.3. The fourth-order valence-corrected chi connectivity index (χ4v) is 2.55. The Morgan fingerprint density at radius 3 is 2.50 bits per heavy atom. The summed E-state index contributed by atoms with van der Waals surface area (Å²) < 4.78 is 37.0. The van der Waals surface area contributed by atoms with Crippen LogP contribution in [0.15, 0.2) is 12.1 Å². The molecule has 2 aliphatic rings. The zero-order chi connectivity index (χ0) is 15.9. The average Bonchev–Trinajstić information content (AvgIpc) is 3.21. The molecule has 1 aromatic rings. The van der Waals surface area contributed by atoms with Crippen molar-refractivity contribution in [2.24, 2.45) is 0 Å². The lowest BCUT2D eigenvalue weighted by molar-refractivity contribution is -0.208. The standard InChI is InChI=1S/C14H19F3N4O/c1-20(8-12(22)14(15,16)17)10-6-21(7-10)13-5-4-11(18-19-13)9-2-3-9/h4-5,9-10,12,22H,2-3,6-8H2,1H3. The molecule has 0 aromatic carbocycles. The van der Waals surface area contributed by atoms with E-state index < -0.39 is 18.8 Å². The topological polar surface area (TPSA) is 52.5 Å². The van der Waals surface area contributed by atoms with E-state index >= 15 is 0 Å². The third-order valence-electron chi connectivity index (χ3n) is 4.32. The Balaban J connectivity index is 1.48. The van der Waals surface area contributed by atoms with Crippen LogP contribution in [-0.2, 0) is 0 Å². The van der Waals surface area contributed by atoms with E-state index in [9.17, 15) is 13.2 Å². The van der Waals surface area contributed by atoms with E-state index in [1.165, 1.54) is 12.8 Å². The van der Waals surface area contributed by atoms with Gasteiger partial charge in [-0.3, -0.25) is 4.90 Å². The lowest BCUT2D eigenvalue weighted by Crippen LogP contribution is -2.60. The maximum absolute atomic E-state index is 12.3. The summed E-state index contributed by atoms with van der Waals surface area (Å²) in [5, 5.41) is 17.5. The van der Waals surface area contributed by atoms with Crippen molar-refractivity contribution in [3.8, 4) is 0 Å². The predicted molar refractivity (Wildman–Crippen MR) is 74.7 cm³/mol. The summed E-state index contributed by atoms with van der Waals surface area (Å²) in [6.45, 7) is 0.783. The Morgan fingerprint density at radius 2 is 2.00 bits per heavy atom. The Kier molecular flexibility index (Phi) is 3.98. The molecule has 122 valence electrons. The van der Waals surface area contributed by atoms with E-state index in [2.05, 4.69) is 10.2 Å². The van der Waals surface area contributed by atoms with Crippen LogP contribution in [-0.4, -0.2) is 65.2 Å². The fraction of sp³-hybridized carbons (Fsp3) is 0.714. The van der Waals surface area contributed by atoms with Crippen LogP contribution < -0.4 is 4.90 Å². The van der Waals surface area contributed by atoms with Gasteiger partial charge in [-0.15, -0.1) is 5.10 Å². The summed E-state index contributed by atoms with van der Waals surface area (Å²) in [7, 11) is 1.60. The molecule has 3 rings (SSSR count). The molecule has 1 unspecified atom stereocenters. The Morgan fingerprint density at radius 1 is 1.32 bits per heavy atom. The first-order valence-corrected chi connectivity index (χ1v) is 7.38. The summed E-state index contributed by atoms with van der Waals surface area (Å²) >= 11 is 0. The molecule has 1 aliphatic heterocycles. The van der Waals surface area contributed by atoms with Gasteiger partial charge in [0.15, 0.2) is 11.9 Å². The Bertz CT molecular complexity index is 512. The van der Waals surface area contributed by atoms with Crippen LogP contribution in [0.1, 0.15) is 24.5 Å². The fourth-order valence-electron chi connectivity index (χ4n) is 2.55. The average molecular weight is 316 g/mol. The first kappa shape index (κ1) is 15.5. The lowest BCUT2D eigenvalue weighted by atomic mass is 10.1. The molecule has 1 aliphatic carbocycles. The van der Waals surface area contributed by atoms with Crippen LogP contribution >= 0.6 is 0 Å². The van der Waals surface area contributed by atoms with Gasteiger partial charge < -0.3 is 10.0 Å². The van der Waals surface area contributed by atoms with Gasteiger partial charge in [0.05, 0.1) is 5.69 Å². The number of rotatable bonds is 5. The number of nitrogens with zero attached hydrogens (tertiary/aromatic N) is 4. The molecule has 8 heteroatoms. The van der Waals surface area contributed by atoms with Crippen molar-refractivity contribution in [2.45, 2.75) is 37.1 Å². The second kappa shape index (κ2) is 5.66. The highest BCUT2D eigenvalue weighted by Gasteiger charge is 2.41. The highest BCUT2D eigenvalue weighted by Crippen LogP contribution is 2.38. The summed E-state index contributed by atoms with van der Waals surface area (Å²) in [4.78, 5) is 3.52. The van der Waals surface area contributed by atoms with Gasteiger partial charge in [-0.05, 0) is 32.0 Å². The van der Waals surface area contributed by atoms with Gasteiger partial charge in [-0.2, -0.15) is 18.3 Å². The molecule has 0 bridgehead atoms. The number of aromatic nitrogens is 2. The molecular weight excluding hydrogens is 297 g/mol. The number of alkyl halides is 3.